The summed E-state index contributed by atoms with van der Waals surface area (Å²) in [4.78, 5) is 4.51. The number of hydrogen-bond donors (Lipinski definition) is 1. The Hall–Kier alpha value is -0.940. The molecule has 1 saturated carbocycles. The van der Waals surface area contributed by atoms with E-state index in [-0.39, 0.29) is 11.6 Å². The van der Waals surface area contributed by atoms with Gasteiger partial charge in [0.05, 0.1) is 6.04 Å². The maximum absolute atomic E-state index is 6.04. The summed E-state index contributed by atoms with van der Waals surface area (Å²) in [7, 11) is 0. The highest BCUT2D eigenvalue weighted by atomic mass is 16.5. The van der Waals surface area contributed by atoms with Gasteiger partial charge in [0.15, 0.2) is 0 Å². The van der Waals surface area contributed by atoms with Gasteiger partial charge in [-0.15, -0.1) is 0 Å². The predicted molar refractivity (Wildman–Crippen MR) is 72.5 cm³/mol. The maximum Gasteiger partial charge on any atom is 0.243 e. The summed E-state index contributed by atoms with van der Waals surface area (Å²) < 4.78 is 11.4. The van der Waals surface area contributed by atoms with E-state index in [1.165, 1.54) is 12.8 Å². The maximum atomic E-state index is 6.04. The van der Waals surface area contributed by atoms with Gasteiger partial charge in [-0.3, -0.25) is 0 Å². The van der Waals surface area contributed by atoms with Gasteiger partial charge >= 0.3 is 0 Å². The minimum atomic E-state index is -0.361. The van der Waals surface area contributed by atoms with E-state index in [4.69, 9.17) is 15.0 Å². The zero-order valence-electron chi connectivity index (χ0n) is 12.0. The number of ether oxygens (including phenoxy) is 1. The van der Waals surface area contributed by atoms with E-state index >= 15 is 0 Å². The average molecular weight is 267 g/mol. The van der Waals surface area contributed by atoms with Crippen molar-refractivity contribution in [1.82, 2.24) is 10.1 Å². The van der Waals surface area contributed by atoms with Crippen LogP contribution in [0.5, 0.6) is 0 Å². The fourth-order valence-electron chi connectivity index (χ4n) is 2.75. The minimum absolute atomic E-state index is 0.175. The molecule has 1 aromatic heterocycles. The molecular weight excluding hydrogens is 242 g/mol. The molecule has 0 spiro atoms. The Bertz CT molecular complexity index is 384. The third kappa shape index (κ3) is 3.15. The van der Waals surface area contributed by atoms with Crippen molar-refractivity contribution in [2.24, 2.45) is 5.73 Å². The molecule has 5 nitrogen and oxygen atoms in total. The lowest BCUT2D eigenvalue weighted by Crippen LogP contribution is -2.31. The SMILES string of the molecule is CCOC1(c2noc([C@@H](N)CC)n2)CCCCCC1. The Morgan fingerprint density at radius 3 is 2.53 bits per heavy atom. The van der Waals surface area contributed by atoms with E-state index in [1.54, 1.807) is 0 Å². The first kappa shape index (κ1) is 14.5. The zero-order chi connectivity index (χ0) is 13.7. The van der Waals surface area contributed by atoms with Crippen molar-refractivity contribution < 1.29 is 9.26 Å². The van der Waals surface area contributed by atoms with E-state index in [9.17, 15) is 0 Å². The van der Waals surface area contributed by atoms with Crippen molar-refractivity contribution in [2.75, 3.05) is 6.61 Å². The van der Waals surface area contributed by atoms with Crippen LogP contribution in [0, 0.1) is 0 Å². The normalized spacial score (nSPS) is 21.0. The Morgan fingerprint density at radius 2 is 1.95 bits per heavy atom. The molecule has 1 aliphatic carbocycles. The van der Waals surface area contributed by atoms with Crippen LogP contribution in [-0.4, -0.2) is 16.7 Å². The van der Waals surface area contributed by atoms with Crippen LogP contribution in [0.15, 0.2) is 4.52 Å². The second-order valence-corrected chi connectivity index (χ2v) is 5.31. The number of hydrogen-bond acceptors (Lipinski definition) is 5. The van der Waals surface area contributed by atoms with Crippen LogP contribution >= 0.6 is 0 Å². The highest BCUT2D eigenvalue weighted by molar-refractivity contribution is 5.04. The molecule has 0 unspecified atom stereocenters. The third-order valence-corrected chi connectivity index (χ3v) is 3.94. The van der Waals surface area contributed by atoms with Crippen molar-refractivity contribution in [3.8, 4) is 0 Å². The smallest absolute Gasteiger partial charge is 0.243 e. The Kier molecular flexibility index (Phi) is 4.93. The third-order valence-electron chi connectivity index (χ3n) is 3.94. The van der Waals surface area contributed by atoms with Crippen molar-refractivity contribution >= 4 is 0 Å². The molecule has 1 atom stereocenters. The first-order valence-corrected chi connectivity index (χ1v) is 7.45. The van der Waals surface area contributed by atoms with Gasteiger partial charge < -0.3 is 15.0 Å². The minimum Gasteiger partial charge on any atom is -0.367 e. The average Bonchev–Trinajstić information content (AvgIpc) is 2.81. The summed E-state index contributed by atoms with van der Waals surface area (Å²) >= 11 is 0. The summed E-state index contributed by atoms with van der Waals surface area (Å²) in [5, 5.41) is 4.15. The summed E-state index contributed by atoms with van der Waals surface area (Å²) in [6, 6.07) is -0.175. The largest absolute Gasteiger partial charge is 0.367 e. The van der Waals surface area contributed by atoms with Crippen LogP contribution < -0.4 is 5.73 Å². The van der Waals surface area contributed by atoms with Gasteiger partial charge in [-0.2, -0.15) is 4.98 Å². The molecule has 2 rings (SSSR count). The standard InChI is InChI=1S/C14H25N3O2/c1-3-11(15)12-16-13(17-19-12)14(18-4-2)9-7-5-6-8-10-14/h11H,3-10,15H2,1-2H3/t11-/m0/s1. The fourth-order valence-corrected chi connectivity index (χ4v) is 2.75. The van der Waals surface area contributed by atoms with Crippen LogP contribution in [0.25, 0.3) is 0 Å². The molecule has 0 radical (unpaired) electrons. The van der Waals surface area contributed by atoms with Crippen LogP contribution in [0.4, 0.5) is 0 Å². The van der Waals surface area contributed by atoms with Crippen molar-refractivity contribution in [1.29, 1.82) is 0 Å². The molecule has 108 valence electrons. The first-order chi connectivity index (χ1) is 9.22. The molecular formula is C14H25N3O2. The molecule has 1 aromatic rings. The van der Waals surface area contributed by atoms with Gasteiger partial charge in [0, 0.05) is 6.61 Å². The molecule has 19 heavy (non-hydrogen) atoms. The Morgan fingerprint density at radius 1 is 1.26 bits per heavy atom. The van der Waals surface area contributed by atoms with Gasteiger partial charge in [0.25, 0.3) is 0 Å². The second-order valence-electron chi connectivity index (χ2n) is 5.31. The van der Waals surface area contributed by atoms with Gasteiger partial charge in [-0.1, -0.05) is 37.8 Å². The Labute approximate surface area is 114 Å². The van der Waals surface area contributed by atoms with E-state index in [1.807, 2.05) is 13.8 Å². The van der Waals surface area contributed by atoms with Crippen LogP contribution in [0.2, 0.25) is 0 Å². The summed E-state index contributed by atoms with van der Waals surface area (Å²) in [5.41, 5.74) is 5.59. The van der Waals surface area contributed by atoms with Crippen molar-refractivity contribution in [2.45, 2.75) is 70.4 Å². The van der Waals surface area contributed by atoms with E-state index < -0.39 is 0 Å². The molecule has 0 saturated heterocycles. The molecule has 2 N–H and O–H groups in total. The lowest BCUT2D eigenvalue weighted by Gasteiger charge is -2.29. The second kappa shape index (κ2) is 6.48. The van der Waals surface area contributed by atoms with Gasteiger partial charge in [-0.05, 0) is 26.2 Å². The van der Waals surface area contributed by atoms with Crippen molar-refractivity contribution in [3.63, 3.8) is 0 Å². The van der Waals surface area contributed by atoms with Gasteiger partial charge in [0.1, 0.15) is 5.60 Å². The monoisotopic (exact) mass is 267 g/mol. The topological polar surface area (TPSA) is 74.2 Å². The van der Waals surface area contributed by atoms with Crippen LogP contribution in [-0.2, 0) is 10.3 Å². The Balaban J connectivity index is 2.24. The molecule has 1 aliphatic rings. The number of nitrogens with two attached hydrogens (primary N) is 1. The first-order valence-electron chi connectivity index (χ1n) is 7.45. The van der Waals surface area contributed by atoms with Crippen LogP contribution in [0.1, 0.15) is 76.6 Å². The van der Waals surface area contributed by atoms with Crippen molar-refractivity contribution in [3.05, 3.63) is 11.7 Å². The lowest BCUT2D eigenvalue weighted by molar-refractivity contribution is -0.0636. The molecule has 0 bridgehead atoms. The molecule has 1 fully saturated rings. The number of nitrogens with zero attached hydrogens (tertiary/aromatic N) is 2. The fraction of sp³-hybridized carbons (Fsp3) is 0.857. The molecule has 1 heterocycles. The molecule has 0 amide bonds. The van der Waals surface area contributed by atoms with Gasteiger partial charge in [0.2, 0.25) is 11.7 Å². The molecule has 5 heteroatoms. The number of rotatable bonds is 5. The summed E-state index contributed by atoms with van der Waals surface area (Å²) in [6.07, 6.45) is 7.57. The summed E-state index contributed by atoms with van der Waals surface area (Å²) in [5.74, 6) is 1.22. The molecule has 0 aromatic carbocycles. The van der Waals surface area contributed by atoms with E-state index in [2.05, 4.69) is 10.1 Å². The molecule has 0 aliphatic heterocycles. The summed E-state index contributed by atoms with van der Waals surface area (Å²) in [6.45, 7) is 4.70. The van der Waals surface area contributed by atoms with E-state index in [0.29, 0.717) is 18.3 Å². The van der Waals surface area contributed by atoms with Crippen LogP contribution in [0.3, 0.4) is 0 Å². The highest BCUT2D eigenvalue weighted by Crippen LogP contribution is 2.38. The van der Waals surface area contributed by atoms with E-state index in [0.717, 1.165) is 32.1 Å². The van der Waals surface area contributed by atoms with Gasteiger partial charge in [-0.25, -0.2) is 0 Å². The zero-order valence-corrected chi connectivity index (χ0v) is 12.0. The predicted octanol–water partition coefficient (Wildman–Crippen LogP) is 3.07. The number of aromatic nitrogens is 2. The quantitative estimate of drug-likeness (QED) is 0.830. The lowest BCUT2D eigenvalue weighted by atomic mass is 9.93. The highest BCUT2D eigenvalue weighted by Gasteiger charge is 2.38.